The van der Waals surface area contributed by atoms with Crippen LogP contribution >= 0.6 is 11.6 Å². The zero-order valence-corrected chi connectivity index (χ0v) is 12.9. The topological polar surface area (TPSA) is 60.4 Å². The van der Waals surface area contributed by atoms with Crippen LogP contribution in [0, 0.1) is 0 Å². The summed E-state index contributed by atoms with van der Waals surface area (Å²) in [6, 6.07) is 11.3. The zero-order valence-electron chi connectivity index (χ0n) is 12.2. The third-order valence-electron chi connectivity index (χ3n) is 3.91. The van der Waals surface area contributed by atoms with E-state index < -0.39 is 5.97 Å². The van der Waals surface area contributed by atoms with Gasteiger partial charge in [-0.15, -0.1) is 6.58 Å². The van der Waals surface area contributed by atoms with E-state index in [4.69, 9.17) is 11.6 Å². The first-order valence-corrected chi connectivity index (χ1v) is 7.46. The van der Waals surface area contributed by atoms with Gasteiger partial charge in [-0.05, 0) is 36.2 Å². The van der Waals surface area contributed by atoms with Crippen LogP contribution in [-0.4, -0.2) is 11.9 Å². The lowest BCUT2D eigenvalue weighted by Crippen LogP contribution is -2.29. The van der Waals surface area contributed by atoms with Gasteiger partial charge in [0.2, 0.25) is 0 Å². The molecule has 0 saturated carbocycles. The van der Waals surface area contributed by atoms with Gasteiger partial charge in [-0.25, -0.2) is 0 Å². The summed E-state index contributed by atoms with van der Waals surface area (Å²) in [5.41, 5.74) is 1.44. The predicted molar refractivity (Wildman–Crippen MR) is 86.6 cm³/mol. The highest BCUT2D eigenvalue weighted by Crippen LogP contribution is 2.41. The standard InChI is InChI=1S/C18H14ClNO3/c1-2-4-15-13-5-3-6-14(18(22)23)16(13)17(21)20(15)12-9-7-11(19)8-10-12/h2-3,5-10,15H,1,4H2,(H,22,23)/p-1/t15-/m0/s1. The van der Waals surface area contributed by atoms with Gasteiger partial charge in [0.1, 0.15) is 0 Å². The highest BCUT2D eigenvalue weighted by molar-refractivity contribution is 6.30. The Labute approximate surface area is 138 Å². The number of aromatic carboxylic acids is 1. The smallest absolute Gasteiger partial charge is 0.259 e. The number of carboxylic acids is 1. The fourth-order valence-corrected chi connectivity index (χ4v) is 3.07. The van der Waals surface area contributed by atoms with Gasteiger partial charge in [0, 0.05) is 16.3 Å². The summed E-state index contributed by atoms with van der Waals surface area (Å²) in [5, 5.41) is 11.9. The number of carboxylic acid groups (broad SMARTS) is 1. The van der Waals surface area contributed by atoms with E-state index >= 15 is 0 Å². The number of hydrogen-bond donors (Lipinski definition) is 0. The molecule has 1 aliphatic rings. The summed E-state index contributed by atoms with van der Waals surface area (Å²) in [7, 11) is 0. The molecule has 2 aromatic carbocycles. The van der Waals surface area contributed by atoms with Crippen molar-refractivity contribution in [3.05, 3.63) is 76.8 Å². The van der Waals surface area contributed by atoms with Crippen molar-refractivity contribution >= 4 is 29.2 Å². The lowest BCUT2D eigenvalue weighted by atomic mass is 9.98. The van der Waals surface area contributed by atoms with Crippen molar-refractivity contribution in [2.45, 2.75) is 12.5 Å². The second-order valence-electron chi connectivity index (χ2n) is 5.25. The number of hydrogen-bond acceptors (Lipinski definition) is 3. The fraction of sp³-hybridized carbons (Fsp3) is 0.111. The lowest BCUT2D eigenvalue weighted by molar-refractivity contribution is -0.255. The monoisotopic (exact) mass is 326 g/mol. The number of carbonyl (C=O) groups excluding carboxylic acids is 2. The van der Waals surface area contributed by atoms with Gasteiger partial charge >= 0.3 is 0 Å². The van der Waals surface area contributed by atoms with Crippen molar-refractivity contribution in [1.29, 1.82) is 0 Å². The Bertz CT molecular complexity index is 798. The maximum absolute atomic E-state index is 12.9. The summed E-state index contributed by atoms with van der Waals surface area (Å²) in [6.45, 7) is 3.73. The van der Waals surface area contributed by atoms with E-state index in [1.165, 1.54) is 6.07 Å². The molecule has 0 aliphatic carbocycles. The van der Waals surface area contributed by atoms with E-state index in [1.54, 1.807) is 47.4 Å². The summed E-state index contributed by atoms with van der Waals surface area (Å²) >= 11 is 5.90. The van der Waals surface area contributed by atoms with E-state index in [0.29, 0.717) is 22.7 Å². The molecule has 1 aliphatic heterocycles. The molecule has 5 heteroatoms. The van der Waals surface area contributed by atoms with E-state index in [9.17, 15) is 14.7 Å². The summed E-state index contributed by atoms with van der Waals surface area (Å²) in [4.78, 5) is 25.8. The molecular weight excluding hydrogens is 314 g/mol. The minimum atomic E-state index is -1.36. The van der Waals surface area contributed by atoms with Gasteiger partial charge in [0.25, 0.3) is 5.91 Å². The molecule has 0 saturated heterocycles. The number of rotatable bonds is 4. The van der Waals surface area contributed by atoms with Crippen molar-refractivity contribution in [1.82, 2.24) is 0 Å². The van der Waals surface area contributed by atoms with Crippen molar-refractivity contribution in [2.75, 3.05) is 4.90 Å². The fourth-order valence-electron chi connectivity index (χ4n) is 2.95. The van der Waals surface area contributed by atoms with Gasteiger partial charge in [-0.3, -0.25) is 4.79 Å². The van der Waals surface area contributed by atoms with Crippen molar-refractivity contribution in [3.63, 3.8) is 0 Å². The minimum Gasteiger partial charge on any atom is -0.545 e. The van der Waals surface area contributed by atoms with Gasteiger partial charge in [0.05, 0.1) is 17.6 Å². The van der Waals surface area contributed by atoms with Crippen molar-refractivity contribution in [2.24, 2.45) is 0 Å². The highest BCUT2D eigenvalue weighted by Gasteiger charge is 2.38. The molecule has 0 bridgehead atoms. The average Bonchev–Trinajstić information content (AvgIpc) is 2.81. The lowest BCUT2D eigenvalue weighted by Gasteiger charge is -2.24. The number of halogens is 1. The van der Waals surface area contributed by atoms with Crippen LogP contribution in [0.1, 0.15) is 38.7 Å². The van der Waals surface area contributed by atoms with Crippen molar-refractivity contribution < 1.29 is 14.7 Å². The minimum absolute atomic E-state index is 0.0852. The maximum Gasteiger partial charge on any atom is 0.259 e. The predicted octanol–water partition coefficient (Wildman–Crippen LogP) is 2.98. The highest BCUT2D eigenvalue weighted by atomic mass is 35.5. The Balaban J connectivity index is 2.17. The normalized spacial score (nSPS) is 16.3. The Morgan fingerprint density at radius 3 is 2.57 bits per heavy atom. The molecule has 1 amide bonds. The Morgan fingerprint density at radius 2 is 1.96 bits per heavy atom. The molecule has 0 radical (unpaired) electrons. The van der Waals surface area contributed by atoms with Gasteiger partial charge < -0.3 is 14.8 Å². The molecule has 2 aromatic rings. The van der Waals surface area contributed by atoms with Crippen LogP contribution in [0.4, 0.5) is 5.69 Å². The van der Waals surface area contributed by atoms with Gasteiger partial charge in [0.15, 0.2) is 0 Å². The van der Waals surface area contributed by atoms with Crippen LogP contribution in [0.25, 0.3) is 0 Å². The molecule has 116 valence electrons. The molecule has 0 aromatic heterocycles. The second kappa shape index (κ2) is 5.89. The number of benzene rings is 2. The van der Waals surface area contributed by atoms with Crippen molar-refractivity contribution in [3.8, 4) is 0 Å². The number of carbonyl (C=O) groups is 2. The Morgan fingerprint density at radius 1 is 1.26 bits per heavy atom. The summed E-state index contributed by atoms with van der Waals surface area (Å²) in [5.74, 6) is -1.71. The average molecular weight is 327 g/mol. The second-order valence-corrected chi connectivity index (χ2v) is 5.69. The van der Waals surface area contributed by atoms with E-state index in [2.05, 4.69) is 6.58 Å². The quantitative estimate of drug-likeness (QED) is 0.811. The largest absolute Gasteiger partial charge is 0.545 e. The molecule has 0 fully saturated rings. The first-order valence-electron chi connectivity index (χ1n) is 7.09. The Kier molecular flexibility index (Phi) is 3.92. The van der Waals surface area contributed by atoms with Gasteiger partial charge in [-0.1, -0.05) is 35.9 Å². The third-order valence-corrected chi connectivity index (χ3v) is 4.17. The summed E-state index contributed by atoms with van der Waals surface area (Å²) < 4.78 is 0. The molecule has 1 atom stereocenters. The van der Waals surface area contributed by atoms with Gasteiger partial charge in [-0.2, -0.15) is 0 Å². The van der Waals surface area contributed by atoms with Crippen LogP contribution in [0.3, 0.4) is 0 Å². The molecule has 3 rings (SSSR count). The van der Waals surface area contributed by atoms with Crippen LogP contribution in [0.2, 0.25) is 5.02 Å². The molecule has 0 unspecified atom stereocenters. The van der Waals surface area contributed by atoms with Crippen LogP contribution in [0.5, 0.6) is 0 Å². The SMILES string of the molecule is C=CC[C@H]1c2cccc(C(=O)[O-])c2C(=O)N1c1ccc(Cl)cc1. The molecule has 0 N–H and O–H groups in total. The number of amides is 1. The maximum atomic E-state index is 12.9. The van der Waals surface area contributed by atoms with Crippen LogP contribution < -0.4 is 10.0 Å². The molecular formula is C18H13ClNO3-. The summed E-state index contributed by atoms with van der Waals surface area (Å²) in [6.07, 6.45) is 2.22. The zero-order chi connectivity index (χ0) is 16.6. The molecule has 4 nitrogen and oxygen atoms in total. The van der Waals surface area contributed by atoms with Crippen LogP contribution in [0.15, 0.2) is 55.1 Å². The number of nitrogens with zero attached hydrogens (tertiary/aromatic N) is 1. The molecule has 23 heavy (non-hydrogen) atoms. The number of anilines is 1. The molecule has 1 heterocycles. The number of fused-ring (bicyclic) bond motifs is 1. The first kappa shape index (κ1) is 15.3. The molecule has 0 spiro atoms. The van der Waals surface area contributed by atoms with E-state index in [0.717, 1.165) is 0 Å². The van der Waals surface area contributed by atoms with E-state index in [-0.39, 0.29) is 23.1 Å². The van der Waals surface area contributed by atoms with Crippen LogP contribution in [-0.2, 0) is 0 Å². The first-order chi connectivity index (χ1) is 11.0. The Hall–Kier alpha value is -2.59. The van der Waals surface area contributed by atoms with E-state index in [1.807, 2.05) is 0 Å². The third kappa shape index (κ3) is 2.51.